The first-order valence-electron chi connectivity index (χ1n) is 19.0. The molecule has 0 saturated carbocycles. The molecule has 12 heteroatoms. The van der Waals surface area contributed by atoms with Crippen molar-refractivity contribution in [2.45, 2.75) is 62.7 Å². The molecule has 1 N–H and O–H groups in total. The summed E-state index contributed by atoms with van der Waals surface area (Å²) in [5, 5.41) is 20.5. The molecule has 5 aromatic rings. The van der Waals surface area contributed by atoms with Crippen molar-refractivity contribution in [3.63, 3.8) is 0 Å². The van der Waals surface area contributed by atoms with Crippen LogP contribution in [0.25, 0.3) is 0 Å². The van der Waals surface area contributed by atoms with Gasteiger partial charge >= 0.3 is 6.09 Å². The zero-order valence-electron chi connectivity index (χ0n) is 31.7. The van der Waals surface area contributed by atoms with Gasteiger partial charge in [-0.05, 0) is 53.4 Å². The average molecular weight is 758 g/mol. The van der Waals surface area contributed by atoms with Gasteiger partial charge in [-0.25, -0.2) is 4.79 Å². The molecule has 1 unspecified atom stereocenters. The van der Waals surface area contributed by atoms with Gasteiger partial charge in [-0.15, -0.1) is 5.10 Å². The normalized spacial score (nSPS) is 22.7. The number of rotatable bonds is 12. The van der Waals surface area contributed by atoms with E-state index in [1.165, 1.54) is 5.19 Å². The molecule has 2 amide bonds. The molecular formula is C43H47N5O6Si. The van der Waals surface area contributed by atoms with E-state index in [0.29, 0.717) is 44.0 Å². The van der Waals surface area contributed by atoms with Gasteiger partial charge in [-0.1, -0.05) is 103 Å². The highest BCUT2D eigenvalue weighted by Gasteiger charge is 2.66. The summed E-state index contributed by atoms with van der Waals surface area (Å²) in [6.07, 6.45) is 1.78. The number of ether oxygens (including phenoxy) is 3. The Balaban J connectivity index is 1.19. The van der Waals surface area contributed by atoms with E-state index in [1.54, 1.807) is 12.0 Å². The minimum atomic E-state index is -2.41. The second-order valence-electron chi connectivity index (χ2n) is 15.3. The predicted molar refractivity (Wildman–Crippen MR) is 212 cm³/mol. The monoisotopic (exact) mass is 757 g/mol. The minimum absolute atomic E-state index is 0.00674. The first-order valence-corrected chi connectivity index (χ1v) is 22.1. The Bertz CT molecular complexity index is 2160. The highest BCUT2D eigenvalue weighted by molar-refractivity contribution is 6.91. The van der Waals surface area contributed by atoms with Crippen LogP contribution in [0.4, 0.5) is 16.2 Å². The molecule has 0 radical (unpaired) electrons. The molecule has 55 heavy (non-hydrogen) atoms. The maximum absolute atomic E-state index is 15.3. The number of aromatic nitrogens is 3. The van der Waals surface area contributed by atoms with Crippen LogP contribution in [-0.2, 0) is 33.0 Å². The average Bonchev–Trinajstić information content (AvgIpc) is 3.98. The quantitative estimate of drug-likeness (QED) is 0.149. The van der Waals surface area contributed by atoms with Gasteiger partial charge in [0.15, 0.2) is 5.60 Å². The number of carbonyl (C=O) groups excluding carboxylic acids is 2. The van der Waals surface area contributed by atoms with Crippen LogP contribution in [0.3, 0.4) is 0 Å². The molecule has 2 fully saturated rings. The number of aliphatic hydroxyl groups is 1. The van der Waals surface area contributed by atoms with Crippen molar-refractivity contribution >= 4 is 36.6 Å². The molecule has 8 rings (SSSR count). The molecule has 284 valence electrons. The van der Waals surface area contributed by atoms with E-state index in [2.05, 4.69) is 42.5 Å². The second kappa shape index (κ2) is 14.7. The fraction of sp³-hybridized carbons (Fsp3) is 0.349. The molecule has 3 aliphatic rings. The molecule has 2 saturated heterocycles. The third-order valence-corrected chi connectivity index (χ3v) is 16.4. The number of fused-ring (bicyclic) bond motifs is 2. The topological polar surface area (TPSA) is 119 Å². The number of carbonyl (C=O) groups is 2. The fourth-order valence-electron chi connectivity index (χ4n) is 9.19. The first-order chi connectivity index (χ1) is 26.6. The van der Waals surface area contributed by atoms with E-state index in [9.17, 15) is 9.90 Å². The van der Waals surface area contributed by atoms with E-state index in [0.717, 1.165) is 28.1 Å². The standard InChI is InChI=1S/C43H47N5O6Si/c1-29-40(55(3,4)34-18-16-33(52-2)17-19-34)39(21-22-46-27-37(44-45-46)35(28-49)31-13-9-6-10-14-31)54-43(29)36-25-32(47-23-24-53-42(47)51)15-20-38(36)48(41(43)50)26-30-11-7-5-8-12-30/h5-20,25,27,29,35,39-40,49H,21-24,26,28H2,1-4H3/t29-,35?,39+,40-,43+/m1/s1. The van der Waals surface area contributed by atoms with Crippen LogP contribution in [0.15, 0.2) is 109 Å². The summed E-state index contributed by atoms with van der Waals surface area (Å²) < 4.78 is 20.0. The van der Waals surface area contributed by atoms with E-state index < -0.39 is 19.8 Å². The lowest BCUT2D eigenvalue weighted by molar-refractivity contribution is -0.146. The second-order valence-corrected chi connectivity index (χ2v) is 20.0. The van der Waals surface area contributed by atoms with Crippen molar-refractivity contribution in [1.29, 1.82) is 0 Å². The van der Waals surface area contributed by atoms with Crippen LogP contribution in [0.1, 0.15) is 41.6 Å². The number of anilines is 2. The predicted octanol–water partition coefficient (Wildman–Crippen LogP) is 6.22. The number of cyclic esters (lactones) is 1. The third kappa shape index (κ3) is 6.41. The number of nitrogens with zero attached hydrogens (tertiary/aromatic N) is 5. The van der Waals surface area contributed by atoms with E-state index in [-0.39, 0.29) is 36.0 Å². The van der Waals surface area contributed by atoms with Crippen molar-refractivity contribution in [3.05, 3.63) is 132 Å². The van der Waals surface area contributed by atoms with Gasteiger partial charge in [-0.2, -0.15) is 0 Å². The summed E-state index contributed by atoms with van der Waals surface area (Å²) in [5.74, 6) is 0.182. The lowest BCUT2D eigenvalue weighted by atomic mass is 9.82. The summed E-state index contributed by atoms with van der Waals surface area (Å²) in [6, 6.07) is 34.0. The molecule has 11 nitrogen and oxygen atoms in total. The number of methoxy groups -OCH3 is 1. The van der Waals surface area contributed by atoms with Gasteiger partial charge in [0.25, 0.3) is 5.91 Å². The van der Waals surface area contributed by atoms with Crippen LogP contribution >= 0.6 is 0 Å². The molecule has 1 aromatic heterocycles. The fourth-order valence-corrected chi connectivity index (χ4v) is 13.2. The number of aliphatic hydroxyl groups excluding tert-OH is 1. The lowest BCUT2D eigenvalue weighted by Gasteiger charge is -2.37. The number of benzene rings is 4. The van der Waals surface area contributed by atoms with E-state index in [1.807, 2.05) is 107 Å². The maximum Gasteiger partial charge on any atom is 0.414 e. The minimum Gasteiger partial charge on any atom is -0.497 e. The smallest absolute Gasteiger partial charge is 0.414 e. The Kier molecular flexibility index (Phi) is 9.82. The highest BCUT2D eigenvalue weighted by atomic mass is 28.3. The first kappa shape index (κ1) is 36.7. The van der Waals surface area contributed by atoms with Gasteiger partial charge in [0.1, 0.15) is 12.4 Å². The number of aryl methyl sites for hydroxylation is 1. The maximum atomic E-state index is 15.3. The zero-order valence-corrected chi connectivity index (χ0v) is 32.7. The van der Waals surface area contributed by atoms with Gasteiger partial charge in [-0.3, -0.25) is 14.4 Å². The van der Waals surface area contributed by atoms with Crippen molar-refractivity contribution in [2.75, 3.05) is 36.7 Å². The van der Waals surface area contributed by atoms with E-state index in [4.69, 9.17) is 14.2 Å². The summed E-state index contributed by atoms with van der Waals surface area (Å²) in [6.45, 7) is 8.46. The Morgan fingerprint density at radius 3 is 2.38 bits per heavy atom. The molecule has 0 aliphatic carbocycles. The SMILES string of the molecule is COc1ccc([Si](C)(C)[C@H]2[C@H](CCn3cc(C(CO)c4ccccc4)nn3)O[C@@]3(C(=O)N(Cc4ccccc4)c4ccc(N5CCOC5=O)cc43)[C@@H]2C)cc1. The Hall–Kier alpha value is -5.30. The molecule has 4 heterocycles. The number of hydrogen-bond acceptors (Lipinski definition) is 8. The van der Waals surface area contributed by atoms with Crippen LogP contribution < -0.4 is 19.7 Å². The van der Waals surface area contributed by atoms with Gasteiger partial charge in [0.05, 0.1) is 58.3 Å². The Morgan fingerprint density at radius 1 is 0.982 bits per heavy atom. The Labute approximate surface area is 322 Å². The summed E-state index contributed by atoms with van der Waals surface area (Å²) in [7, 11) is -0.744. The van der Waals surface area contributed by atoms with Crippen LogP contribution in [0.2, 0.25) is 18.6 Å². The lowest BCUT2D eigenvalue weighted by Crippen LogP contribution is -2.51. The molecular weight excluding hydrogens is 711 g/mol. The van der Waals surface area contributed by atoms with Crippen LogP contribution in [-0.4, -0.2) is 73.1 Å². The van der Waals surface area contributed by atoms with Gasteiger partial charge in [0, 0.05) is 29.9 Å². The van der Waals surface area contributed by atoms with Gasteiger partial charge in [0.2, 0.25) is 0 Å². The van der Waals surface area contributed by atoms with Crippen LogP contribution in [0, 0.1) is 5.92 Å². The molecule has 0 bridgehead atoms. The molecule has 5 atom stereocenters. The zero-order chi connectivity index (χ0) is 38.3. The molecule has 4 aromatic carbocycles. The molecule has 1 spiro atoms. The Morgan fingerprint density at radius 2 is 1.71 bits per heavy atom. The highest BCUT2D eigenvalue weighted by Crippen LogP contribution is 2.60. The van der Waals surface area contributed by atoms with E-state index >= 15 is 4.79 Å². The van der Waals surface area contributed by atoms with Crippen molar-refractivity contribution in [2.24, 2.45) is 5.92 Å². The number of hydrogen-bond donors (Lipinski definition) is 1. The number of amides is 2. The van der Waals surface area contributed by atoms with Gasteiger partial charge < -0.3 is 24.2 Å². The summed E-state index contributed by atoms with van der Waals surface area (Å²) in [5.41, 5.74) is 3.64. The van der Waals surface area contributed by atoms with Crippen molar-refractivity contribution < 1.29 is 28.9 Å². The molecule has 3 aliphatic heterocycles. The largest absolute Gasteiger partial charge is 0.497 e. The summed E-state index contributed by atoms with van der Waals surface area (Å²) in [4.78, 5) is 31.6. The van der Waals surface area contributed by atoms with Crippen LogP contribution in [0.5, 0.6) is 5.75 Å². The third-order valence-electron chi connectivity index (χ3n) is 12.0. The van der Waals surface area contributed by atoms with Crippen molar-refractivity contribution in [1.82, 2.24) is 15.0 Å². The summed E-state index contributed by atoms with van der Waals surface area (Å²) >= 11 is 0. The van der Waals surface area contributed by atoms with Crippen molar-refractivity contribution in [3.8, 4) is 5.75 Å².